The summed E-state index contributed by atoms with van der Waals surface area (Å²) in [4.78, 5) is 32.7. The van der Waals surface area contributed by atoms with E-state index in [0.29, 0.717) is 39.3 Å². The number of pyridine rings is 1. The Labute approximate surface area is 180 Å². The lowest BCUT2D eigenvalue weighted by Crippen LogP contribution is -2.29. The van der Waals surface area contributed by atoms with Crippen molar-refractivity contribution in [3.8, 4) is 0 Å². The van der Waals surface area contributed by atoms with Gasteiger partial charge in [-0.05, 0) is 38.0 Å². The summed E-state index contributed by atoms with van der Waals surface area (Å²) in [7, 11) is 0. The molecule has 0 bridgehead atoms. The Bertz CT molecular complexity index is 1030. The Morgan fingerprint density at radius 2 is 2.00 bits per heavy atom. The molecule has 0 aliphatic carbocycles. The fourth-order valence-electron chi connectivity index (χ4n) is 3.21. The monoisotopic (exact) mass is 430 g/mol. The number of unbranched alkanes of at least 4 members (excludes halogenated alkanes) is 3. The molecule has 6 nitrogen and oxygen atoms in total. The van der Waals surface area contributed by atoms with Crippen molar-refractivity contribution in [2.45, 2.75) is 46.5 Å². The molecule has 0 unspecified atom stereocenters. The summed E-state index contributed by atoms with van der Waals surface area (Å²) in [5, 5.41) is 3.15. The molecule has 1 N–H and O–H groups in total. The second-order valence-electron chi connectivity index (χ2n) is 7.04. The Morgan fingerprint density at radius 3 is 2.72 bits per heavy atom. The molecular weight excluding hydrogens is 404 g/mol. The third-order valence-electron chi connectivity index (χ3n) is 4.73. The molecule has 1 fully saturated rings. The van der Waals surface area contributed by atoms with Crippen LogP contribution in [0, 0.1) is 6.92 Å². The van der Waals surface area contributed by atoms with E-state index in [-0.39, 0.29) is 11.5 Å². The first-order chi connectivity index (χ1) is 14.0. The first-order valence-corrected chi connectivity index (χ1v) is 11.2. The molecule has 2 aromatic rings. The minimum Gasteiger partial charge on any atom is -0.370 e. The summed E-state index contributed by atoms with van der Waals surface area (Å²) in [5.74, 6) is 0.349. The van der Waals surface area contributed by atoms with Gasteiger partial charge in [-0.25, -0.2) is 4.98 Å². The molecule has 3 heterocycles. The van der Waals surface area contributed by atoms with Gasteiger partial charge in [0.15, 0.2) is 0 Å². The second-order valence-corrected chi connectivity index (χ2v) is 8.71. The smallest absolute Gasteiger partial charge is 0.267 e. The molecule has 0 saturated carbocycles. The van der Waals surface area contributed by atoms with E-state index in [1.54, 1.807) is 17.2 Å². The van der Waals surface area contributed by atoms with Crippen LogP contribution in [-0.4, -0.2) is 37.6 Å². The number of fused-ring (bicyclic) bond motifs is 1. The van der Waals surface area contributed by atoms with Gasteiger partial charge in [-0.15, -0.1) is 0 Å². The normalized spacial score (nSPS) is 15.7. The maximum atomic E-state index is 13.1. The van der Waals surface area contributed by atoms with Crippen molar-refractivity contribution in [2.75, 3.05) is 18.4 Å². The highest BCUT2D eigenvalue weighted by Gasteiger charge is 2.32. The van der Waals surface area contributed by atoms with Crippen LogP contribution in [-0.2, 0) is 4.79 Å². The average Bonchev–Trinajstić information content (AvgIpc) is 2.96. The van der Waals surface area contributed by atoms with Crippen LogP contribution in [0.2, 0.25) is 0 Å². The van der Waals surface area contributed by atoms with Gasteiger partial charge in [-0.2, -0.15) is 0 Å². The van der Waals surface area contributed by atoms with Crippen LogP contribution in [0.3, 0.4) is 0 Å². The molecule has 2 aromatic heterocycles. The molecule has 1 saturated heterocycles. The number of hydrogen-bond acceptors (Lipinski definition) is 6. The highest BCUT2D eigenvalue weighted by atomic mass is 32.2. The van der Waals surface area contributed by atoms with Gasteiger partial charge >= 0.3 is 0 Å². The van der Waals surface area contributed by atoms with Crippen LogP contribution in [0.15, 0.2) is 28.0 Å². The lowest BCUT2D eigenvalue weighted by molar-refractivity contribution is -0.122. The highest BCUT2D eigenvalue weighted by molar-refractivity contribution is 8.26. The topological polar surface area (TPSA) is 66.7 Å². The largest absolute Gasteiger partial charge is 0.370 e. The van der Waals surface area contributed by atoms with Gasteiger partial charge in [0.25, 0.3) is 11.5 Å². The van der Waals surface area contributed by atoms with E-state index < -0.39 is 0 Å². The summed E-state index contributed by atoms with van der Waals surface area (Å²) >= 11 is 6.66. The maximum Gasteiger partial charge on any atom is 0.267 e. The van der Waals surface area contributed by atoms with Gasteiger partial charge in [-0.3, -0.25) is 18.9 Å². The zero-order valence-electron chi connectivity index (χ0n) is 17.0. The number of rotatable bonds is 8. The number of thiocarbonyl (C=S) groups is 1. The zero-order chi connectivity index (χ0) is 21.0. The quantitative estimate of drug-likeness (QED) is 0.384. The predicted octanol–water partition coefficient (Wildman–Crippen LogP) is 4.22. The van der Waals surface area contributed by atoms with E-state index in [0.717, 1.165) is 31.2 Å². The molecule has 0 aromatic carbocycles. The fraction of sp³-hybridized carbons (Fsp3) is 0.429. The minimum atomic E-state index is -0.206. The number of carbonyl (C=O) groups is 1. The molecule has 0 radical (unpaired) electrons. The third kappa shape index (κ3) is 4.70. The van der Waals surface area contributed by atoms with Crippen LogP contribution >= 0.6 is 24.0 Å². The predicted molar refractivity (Wildman–Crippen MR) is 124 cm³/mol. The molecule has 0 spiro atoms. The number of anilines is 1. The van der Waals surface area contributed by atoms with E-state index >= 15 is 0 Å². The highest BCUT2D eigenvalue weighted by Crippen LogP contribution is 2.33. The van der Waals surface area contributed by atoms with Crippen molar-refractivity contribution in [3.63, 3.8) is 0 Å². The van der Waals surface area contributed by atoms with E-state index in [1.165, 1.54) is 16.2 Å². The van der Waals surface area contributed by atoms with E-state index in [2.05, 4.69) is 17.2 Å². The Kier molecular flexibility index (Phi) is 7.08. The van der Waals surface area contributed by atoms with E-state index in [4.69, 9.17) is 12.2 Å². The van der Waals surface area contributed by atoms with Crippen molar-refractivity contribution < 1.29 is 4.79 Å². The zero-order valence-corrected chi connectivity index (χ0v) is 18.7. The first-order valence-electron chi connectivity index (χ1n) is 9.98. The van der Waals surface area contributed by atoms with Gasteiger partial charge in [0.05, 0.1) is 10.5 Å². The number of nitrogens with one attached hydrogen (secondary N) is 1. The Morgan fingerprint density at radius 1 is 1.21 bits per heavy atom. The van der Waals surface area contributed by atoms with Crippen molar-refractivity contribution in [1.29, 1.82) is 0 Å². The maximum absolute atomic E-state index is 13.1. The number of aromatic nitrogens is 2. The van der Waals surface area contributed by atoms with E-state index in [1.807, 2.05) is 26.0 Å². The standard InChI is InChI=1S/C21H26N4O2S2/c1-4-6-7-8-11-24-20(27)16(29-21(24)28)12-15-18(22-5-2)23-17-10-9-14(3)13-25(17)19(15)26/h9-10,12-13,22H,4-8,11H2,1-3H3/b16-12+. The number of amides is 1. The fourth-order valence-corrected chi connectivity index (χ4v) is 4.50. The molecule has 154 valence electrons. The van der Waals surface area contributed by atoms with Gasteiger partial charge in [0.2, 0.25) is 0 Å². The van der Waals surface area contributed by atoms with Crippen LogP contribution in [0.4, 0.5) is 5.82 Å². The lowest BCUT2D eigenvalue weighted by atomic mass is 10.2. The summed E-state index contributed by atoms with van der Waals surface area (Å²) in [6.07, 6.45) is 7.69. The SMILES string of the molecule is CCCCCCN1C(=O)/C(=C\c2c(NCC)nc3ccc(C)cn3c2=O)SC1=S. The van der Waals surface area contributed by atoms with Gasteiger partial charge < -0.3 is 5.32 Å². The van der Waals surface area contributed by atoms with Gasteiger partial charge in [0.1, 0.15) is 15.8 Å². The molecule has 8 heteroatoms. The average molecular weight is 431 g/mol. The van der Waals surface area contributed by atoms with Crippen LogP contribution in [0.25, 0.3) is 11.7 Å². The van der Waals surface area contributed by atoms with E-state index in [9.17, 15) is 9.59 Å². The van der Waals surface area contributed by atoms with Crippen LogP contribution in [0.5, 0.6) is 0 Å². The Balaban J connectivity index is 1.97. The second kappa shape index (κ2) is 9.54. The summed E-state index contributed by atoms with van der Waals surface area (Å²) in [6.45, 7) is 7.26. The molecule has 1 amide bonds. The minimum absolute atomic E-state index is 0.132. The number of nitrogens with zero attached hydrogens (tertiary/aromatic N) is 3. The summed E-state index contributed by atoms with van der Waals surface area (Å²) < 4.78 is 2.07. The first kappa shape index (κ1) is 21.5. The van der Waals surface area contributed by atoms with Crippen LogP contribution < -0.4 is 10.9 Å². The molecule has 1 aliphatic rings. The number of thioether (sulfide) groups is 1. The Hall–Kier alpha value is -2.19. The number of hydrogen-bond donors (Lipinski definition) is 1. The molecular formula is C21H26N4O2S2. The van der Waals surface area contributed by atoms with Gasteiger partial charge in [-0.1, -0.05) is 56.2 Å². The summed E-state index contributed by atoms with van der Waals surface area (Å²) in [6, 6.07) is 3.73. The van der Waals surface area contributed by atoms with Crippen molar-refractivity contribution in [3.05, 3.63) is 44.7 Å². The molecule has 0 atom stereocenters. The molecule has 3 rings (SSSR count). The summed E-state index contributed by atoms with van der Waals surface area (Å²) in [5.41, 5.74) is 1.70. The number of carbonyl (C=O) groups excluding carboxylic acids is 1. The third-order valence-corrected chi connectivity index (χ3v) is 6.11. The van der Waals surface area contributed by atoms with Crippen molar-refractivity contribution >= 4 is 51.7 Å². The molecule has 1 aliphatic heterocycles. The molecule has 29 heavy (non-hydrogen) atoms. The van der Waals surface area contributed by atoms with Gasteiger partial charge in [0, 0.05) is 19.3 Å². The number of aryl methyl sites for hydroxylation is 1. The van der Waals surface area contributed by atoms with Crippen molar-refractivity contribution in [1.82, 2.24) is 14.3 Å². The van der Waals surface area contributed by atoms with Crippen molar-refractivity contribution in [2.24, 2.45) is 0 Å². The van der Waals surface area contributed by atoms with Crippen LogP contribution in [0.1, 0.15) is 50.7 Å². The lowest BCUT2D eigenvalue weighted by Gasteiger charge is -2.14.